The molecule has 1 aromatic heterocycles. The van der Waals surface area contributed by atoms with Crippen molar-refractivity contribution in [3.8, 4) is 0 Å². The zero-order valence-corrected chi connectivity index (χ0v) is 12.0. The lowest BCUT2D eigenvalue weighted by molar-refractivity contribution is 0.355. The van der Waals surface area contributed by atoms with Gasteiger partial charge in [0.05, 0.1) is 0 Å². The van der Waals surface area contributed by atoms with Gasteiger partial charge in [-0.05, 0) is 31.1 Å². The molecule has 3 rings (SSSR count). The second kappa shape index (κ2) is 5.35. The Kier molecular flexibility index (Phi) is 3.58. The summed E-state index contributed by atoms with van der Waals surface area (Å²) in [4.78, 5) is 13.7. The SMILES string of the molecule is CC1CC(C)CN(c2cc(N3CCCC3)ncn2)C1. The van der Waals surface area contributed by atoms with Crippen molar-refractivity contribution in [1.82, 2.24) is 9.97 Å². The van der Waals surface area contributed by atoms with Crippen molar-refractivity contribution in [2.75, 3.05) is 36.0 Å². The Morgan fingerprint density at radius 2 is 1.53 bits per heavy atom. The third-order valence-electron chi connectivity index (χ3n) is 4.26. The van der Waals surface area contributed by atoms with Gasteiger partial charge in [-0.2, -0.15) is 0 Å². The first kappa shape index (κ1) is 12.7. The number of piperidine rings is 1. The van der Waals surface area contributed by atoms with E-state index in [1.807, 2.05) is 0 Å². The van der Waals surface area contributed by atoms with Crippen LogP contribution < -0.4 is 9.80 Å². The van der Waals surface area contributed by atoms with Gasteiger partial charge >= 0.3 is 0 Å². The van der Waals surface area contributed by atoms with E-state index in [0.717, 1.165) is 49.7 Å². The number of hydrogen-bond acceptors (Lipinski definition) is 4. The molecule has 0 aromatic carbocycles. The average Bonchev–Trinajstić information content (AvgIpc) is 2.92. The maximum absolute atomic E-state index is 4.49. The van der Waals surface area contributed by atoms with Crippen LogP contribution in [0, 0.1) is 11.8 Å². The predicted octanol–water partition coefficient (Wildman–Crippen LogP) is 2.56. The van der Waals surface area contributed by atoms with Crippen molar-refractivity contribution in [2.24, 2.45) is 11.8 Å². The number of nitrogens with zero attached hydrogens (tertiary/aromatic N) is 4. The highest BCUT2D eigenvalue weighted by molar-refractivity contribution is 5.50. The molecular weight excluding hydrogens is 236 g/mol. The van der Waals surface area contributed by atoms with Crippen LogP contribution in [-0.2, 0) is 0 Å². The van der Waals surface area contributed by atoms with Crippen LogP contribution in [-0.4, -0.2) is 36.1 Å². The van der Waals surface area contributed by atoms with Crippen molar-refractivity contribution < 1.29 is 0 Å². The van der Waals surface area contributed by atoms with E-state index in [2.05, 4.69) is 39.7 Å². The Balaban J connectivity index is 1.78. The van der Waals surface area contributed by atoms with E-state index in [1.54, 1.807) is 6.33 Å². The van der Waals surface area contributed by atoms with Crippen LogP contribution >= 0.6 is 0 Å². The highest BCUT2D eigenvalue weighted by Gasteiger charge is 2.23. The van der Waals surface area contributed by atoms with Crippen LogP contribution in [0.25, 0.3) is 0 Å². The highest BCUT2D eigenvalue weighted by atomic mass is 15.2. The smallest absolute Gasteiger partial charge is 0.134 e. The summed E-state index contributed by atoms with van der Waals surface area (Å²) < 4.78 is 0. The zero-order chi connectivity index (χ0) is 13.2. The summed E-state index contributed by atoms with van der Waals surface area (Å²) in [6.45, 7) is 9.21. The van der Waals surface area contributed by atoms with Crippen LogP contribution in [0.15, 0.2) is 12.4 Å². The number of aromatic nitrogens is 2. The van der Waals surface area contributed by atoms with E-state index in [0.29, 0.717) is 0 Å². The first-order valence-corrected chi connectivity index (χ1v) is 7.54. The van der Waals surface area contributed by atoms with Crippen molar-refractivity contribution in [1.29, 1.82) is 0 Å². The molecule has 19 heavy (non-hydrogen) atoms. The standard InChI is InChI=1S/C15H24N4/c1-12-7-13(2)10-19(9-12)15-8-14(16-11-17-15)18-5-3-4-6-18/h8,11-13H,3-7,9-10H2,1-2H3. The average molecular weight is 260 g/mol. The van der Waals surface area contributed by atoms with Crippen LogP contribution in [0.2, 0.25) is 0 Å². The molecular formula is C15H24N4. The molecule has 2 unspecified atom stereocenters. The summed E-state index contributed by atoms with van der Waals surface area (Å²) in [6.07, 6.45) is 5.64. The Morgan fingerprint density at radius 1 is 0.947 bits per heavy atom. The van der Waals surface area contributed by atoms with Gasteiger partial charge in [0.25, 0.3) is 0 Å². The van der Waals surface area contributed by atoms with E-state index in [4.69, 9.17) is 0 Å². The number of anilines is 2. The second-order valence-electron chi connectivity index (χ2n) is 6.28. The van der Waals surface area contributed by atoms with Crippen molar-refractivity contribution >= 4 is 11.6 Å². The van der Waals surface area contributed by atoms with E-state index >= 15 is 0 Å². The Bertz CT molecular complexity index is 418. The maximum atomic E-state index is 4.49. The molecule has 3 heterocycles. The topological polar surface area (TPSA) is 32.3 Å². The minimum absolute atomic E-state index is 0.758. The van der Waals surface area contributed by atoms with Gasteiger partial charge in [-0.15, -0.1) is 0 Å². The molecule has 2 aliphatic rings. The van der Waals surface area contributed by atoms with Crippen LogP contribution in [0.1, 0.15) is 33.1 Å². The number of rotatable bonds is 2. The van der Waals surface area contributed by atoms with E-state index in [1.165, 1.54) is 19.3 Å². The molecule has 4 heteroatoms. The van der Waals surface area contributed by atoms with Gasteiger partial charge < -0.3 is 9.80 Å². The molecule has 0 saturated carbocycles. The lowest BCUT2D eigenvalue weighted by Gasteiger charge is -2.36. The fourth-order valence-electron chi connectivity index (χ4n) is 3.48. The molecule has 2 aliphatic heterocycles. The normalized spacial score (nSPS) is 27.9. The van der Waals surface area contributed by atoms with Crippen molar-refractivity contribution in [3.05, 3.63) is 12.4 Å². The second-order valence-corrected chi connectivity index (χ2v) is 6.28. The van der Waals surface area contributed by atoms with Crippen molar-refractivity contribution in [2.45, 2.75) is 33.1 Å². The monoisotopic (exact) mass is 260 g/mol. The Morgan fingerprint density at radius 3 is 2.16 bits per heavy atom. The largest absolute Gasteiger partial charge is 0.356 e. The molecule has 0 bridgehead atoms. The fourth-order valence-corrected chi connectivity index (χ4v) is 3.48. The molecule has 4 nitrogen and oxygen atoms in total. The third kappa shape index (κ3) is 2.82. The quantitative estimate of drug-likeness (QED) is 0.818. The Hall–Kier alpha value is -1.32. The molecule has 2 fully saturated rings. The molecule has 2 saturated heterocycles. The Labute approximate surface area is 115 Å². The van der Waals surface area contributed by atoms with E-state index in [-0.39, 0.29) is 0 Å². The predicted molar refractivity (Wildman–Crippen MR) is 78.6 cm³/mol. The lowest BCUT2D eigenvalue weighted by atomic mass is 9.92. The van der Waals surface area contributed by atoms with Gasteiger partial charge in [-0.25, -0.2) is 9.97 Å². The first-order valence-electron chi connectivity index (χ1n) is 7.54. The summed E-state index contributed by atoms with van der Waals surface area (Å²) in [6, 6.07) is 2.18. The minimum atomic E-state index is 0.758. The van der Waals surface area contributed by atoms with Gasteiger partial charge in [-0.3, -0.25) is 0 Å². The molecule has 1 aromatic rings. The molecule has 0 aliphatic carbocycles. The van der Waals surface area contributed by atoms with Crippen LogP contribution in [0.4, 0.5) is 11.6 Å². The third-order valence-corrected chi connectivity index (χ3v) is 4.26. The molecule has 0 spiro atoms. The lowest BCUT2D eigenvalue weighted by Crippen LogP contribution is -2.39. The highest BCUT2D eigenvalue weighted by Crippen LogP contribution is 2.27. The van der Waals surface area contributed by atoms with Gasteiger partial charge in [-0.1, -0.05) is 13.8 Å². The summed E-state index contributed by atoms with van der Waals surface area (Å²) in [5.74, 6) is 3.73. The van der Waals surface area contributed by atoms with Crippen molar-refractivity contribution in [3.63, 3.8) is 0 Å². The summed E-state index contributed by atoms with van der Waals surface area (Å²) >= 11 is 0. The van der Waals surface area contributed by atoms with E-state index in [9.17, 15) is 0 Å². The molecule has 0 N–H and O–H groups in total. The van der Waals surface area contributed by atoms with Crippen LogP contribution in [0.3, 0.4) is 0 Å². The zero-order valence-electron chi connectivity index (χ0n) is 12.0. The fraction of sp³-hybridized carbons (Fsp3) is 0.733. The molecule has 0 radical (unpaired) electrons. The molecule has 104 valence electrons. The minimum Gasteiger partial charge on any atom is -0.356 e. The first-order chi connectivity index (χ1) is 9.22. The van der Waals surface area contributed by atoms with E-state index < -0.39 is 0 Å². The molecule has 2 atom stereocenters. The number of hydrogen-bond donors (Lipinski definition) is 0. The summed E-state index contributed by atoms with van der Waals surface area (Å²) in [7, 11) is 0. The summed E-state index contributed by atoms with van der Waals surface area (Å²) in [5, 5.41) is 0. The van der Waals surface area contributed by atoms with Crippen LogP contribution in [0.5, 0.6) is 0 Å². The van der Waals surface area contributed by atoms with Gasteiger partial charge in [0, 0.05) is 32.2 Å². The maximum Gasteiger partial charge on any atom is 0.134 e. The van der Waals surface area contributed by atoms with Gasteiger partial charge in [0.1, 0.15) is 18.0 Å². The molecule has 0 amide bonds. The summed E-state index contributed by atoms with van der Waals surface area (Å²) in [5.41, 5.74) is 0. The van der Waals surface area contributed by atoms with Gasteiger partial charge in [0.2, 0.25) is 0 Å². The van der Waals surface area contributed by atoms with Gasteiger partial charge in [0.15, 0.2) is 0 Å².